The molecule has 0 aromatic carbocycles. The summed E-state index contributed by atoms with van der Waals surface area (Å²) in [4.78, 5) is 11.5. The van der Waals surface area contributed by atoms with Gasteiger partial charge in [0.1, 0.15) is 0 Å². The van der Waals surface area contributed by atoms with Crippen LogP contribution in [-0.4, -0.2) is 24.7 Å². The van der Waals surface area contributed by atoms with Gasteiger partial charge in [0.25, 0.3) is 0 Å². The highest BCUT2D eigenvalue weighted by Crippen LogP contribution is 2.10. The zero-order valence-corrected chi connectivity index (χ0v) is 11.4. The third kappa shape index (κ3) is 8.72. The van der Waals surface area contributed by atoms with Crippen LogP contribution in [0.2, 0.25) is 0 Å². The minimum atomic E-state index is -0.0757. The van der Waals surface area contributed by atoms with Crippen LogP contribution < -0.4 is 5.32 Å². The Morgan fingerprint density at radius 1 is 1.38 bits per heavy atom. The van der Waals surface area contributed by atoms with Crippen molar-refractivity contribution in [1.82, 2.24) is 5.32 Å². The lowest BCUT2D eigenvalue weighted by Gasteiger charge is -2.20. The first-order chi connectivity index (χ1) is 7.37. The van der Waals surface area contributed by atoms with Crippen molar-refractivity contribution in [3.8, 4) is 0 Å². The minimum Gasteiger partial charge on any atom is -0.376 e. The average molecular weight is 229 g/mol. The molecule has 1 amide bonds. The maximum Gasteiger partial charge on any atom is 0.222 e. The molecule has 0 rings (SSSR count). The van der Waals surface area contributed by atoms with E-state index in [2.05, 4.69) is 12.2 Å². The number of carbonyl (C=O) groups excluding carboxylic acids is 1. The van der Waals surface area contributed by atoms with Crippen LogP contribution in [0.3, 0.4) is 0 Å². The second kappa shape index (κ2) is 7.66. The zero-order chi connectivity index (χ0) is 12.6. The second-order valence-electron chi connectivity index (χ2n) is 5.30. The summed E-state index contributed by atoms with van der Waals surface area (Å²) in [7, 11) is 0. The average Bonchev–Trinajstić information content (AvgIpc) is 2.19. The summed E-state index contributed by atoms with van der Waals surface area (Å²) >= 11 is 0. The normalized spacial score (nSPS) is 13.6. The molecule has 0 saturated heterocycles. The molecule has 0 heterocycles. The van der Waals surface area contributed by atoms with Gasteiger partial charge in [0, 0.05) is 19.1 Å². The molecule has 0 bridgehead atoms. The Morgan fingerprint density at radius 2 is 2.00 bits per heavy atom. The van der Waals surface area contributed by atoms with Crippen molar-refractivity contribution >= 4 is 5.91 Å². The van der Waals surface area contributed by atoms with Crippen molar-refractivity contribution < 1.29 is 9.53 Å². The Labute approximate surface area is 99.9 Å². The maximum absolute atomic E-state index is 11.5. The van der Waals surface area contributed by atoms with Crippen LogP contribution in [0.5, 0.6) is 0 Å². The van der Waals surface area contributed by atoms with Crippen LogP contribution in [0.25, 0.3) is 0 Å². The highest BCUT2D eigenvalue weighted by molar-refractivity contribution is 5.78. The van der Waals surface area contributed by atoms with Gasteiger partial charge in [-0.05, 0) is 40.0 Å². The molecule has 16 heavy (non-hydrogen) atoms. The van der Waals surface area contributed by atoms with Gasteiger partial charge in [0.05, 0.1) is 5.60 Å². The van der Waals surface area contributed by atoms with E-state index in [1.165, 1.54) is 0 Å². The van der Waals surface area contributed by atoms with Crippen molar-refractivity contribution in [3.63, 3.8) is 0 Å². The summed E-state index contributed by atoms with van der Waals surface area (Å²) in [6.07, 6.45) is 2.83. The fourth-order valence-corrected chi connectivity index (χ4v) is 1.32. The van der Waals surface area contributed by atoms with Gasteiger partial charge in [0.2, 0.25) is 5.91 Å². The van der Waals surface area contributed by atoms with Crippen LogP contribution in [0, 0.1) is 5.92 Å². The molecule has 1 unspecified atom stereocenters. The predicted octanol–water partition coefficient (Wildman–Crippen LogP) is 2.74. The maximum atomic E-state index is 11.5. The second-order valence-corrected chi connectivity index (χ2v) is 5.30. The van der Waals surface area contributed by atoms with Crippen LogP contribution in [0.4, 0.5) is 0 Å². The topological polar surface area (TPSA) is 38.3 Å². The zero-order valence-electron chi connectivity index (χ0n) is 11.4. The largest absolute Gasteiger partial charge is 0.376 e. The highest BCUT2D eigenvalue weighted by Gasteiger charge is 2.13. The van der Waals surface area contributed by atoms with Crippen LogP contribution in [0.1, 0.15) is 53.9 Å². The van der Waals surface area contributed by atoms with E-state index in [0.29, 0.717) is 0 Å². The summed E-state index contributed by atoms with van der Waals surface area (Å²) in [6.45, 7) is 11.7. The van der Waals surface area contributed by atoms with Crippen molar-refractivity contribution in [3.05, 3.63) is 0 Å². The summed E-state index contributed by atoms with van der Waals surface area (Å²) in [6, 6.07) is 0. The standard InChI is InChI=1S/C13H27NO2/c1-6-9-14-12(15)11(2)8-7-10-16-13(3,4)5/h11H,6-10H2,1-5H3,(H,14,15). The number of hydrogen-bond acceptors (Lipinski definition) is 2. The van der Waals surface area contributed by atoms with Crippen molar-refractivity contribution in [1.29, 1.82) is 0 Å². The van der Waals surface area contributed by atoms with Gasteiger partial charge in [-0.3, -0.25) is 4.79 Å². The first-order valence-corrected chi connectivity index (χ1v) is 6.28. The number of nitrogens with one attached hydrogen (secondary N) is 1. The molecule has 1 N–H and O–H groups in total. The van der Waals surface area contributed by atoms with E-state index in [1.54, 1.807) is 0 Å². The fraction of sp³-hybridized carbons (Fsp3) is 0.923. The van der Waals surface area contributed by atoms with Gasteiger partial charge in [-0.25, -0.2) is 0 Å². The summed E-state index contributed by atoms with van der Waals surface area (Å²) in [5, 5.41) is 2.91. The molecule has 0 aliphatic carbocycles. The van der Waals surface area contributed by atoms with Gasteiger partial charge < -0.3 is 10.1 Å². The van der Waals surface area contributed by atoms with Gasteiger partial charge in [-0.15, -0.1) is 0 Å². The Kier molecular flexibility index (Phi) is 7.39. The van der Waals surface area contributed by atoms with Crippen molar-refractivity contribution in [2.24, 2.45) is 5.92 Å². The first kappa shape index (κ1) is 15.4. The predicted molar refractivity (Wildman–Crippen MR) is 67.4 cm³/mol. The van der Waals surface area contributed by atoms with E-state index < -0.39 is 0 Å². The molecule has 96 valence electrons. The Morgan fingerprint density at radius 3 is 2.50 bits per heavy atom. The molecule has 3 heteroatoms. The third-order valence-electron chi connectivity index (χ3n) is 2.31. The molecule has 0 radical (unpaired) electrons. The van der Waals surface area contributed by atoms with Crippen molar-refractivity contribution in [2.45, 2.75) is 59.5 Å². The van der Waals surface area contributed by atoms with E-state index >= 15 is 0 Å². The lowest BCUT2D eigenvalue weighted by Crippen LogP contribution is -2.30. The lowest BCUT2D eigenvalue weighted by molar-refractivity contribution is -0.124. The van der Waals surface area contributed by atoms with Gasteiger partial charge >= 0.3 is 0 Å². The summed E-state index contributed by atoms with van der Waals surface area (Å²) in [5.41, 5.74) is -0.0757. The van der Waals surface area contributed by atoms with Gasteiger partial charge in [-0.1, -0.05) is 13.8 Å². The van der Waals surface area contributed by atoms with E-state index in [0.717, 1.165) is 32.4 Å². The molecule has 0 aliphatic rings. The van der Waals surface area contributed by atoms with Crippen LogP contribution in [0.15, 0.2) is 0 Å². The monoisotopic (exact) mass is 229 g/mol. The van der Waals surface area contributed by atoms with Crippen molar-refractivity contribution in [2.75, 3.05) is 13.2 Å². The molecule has 0 aromatic rings. The quantitative estimate of drug-likeness (QED) is 0.682. The number of carbonyl (C=O) groups is 1. The summed E-state index contributed by atoms with van der Waals surface area (Å²) < 4.78 is 5.61. The molecule has 0 saturated carbocycles. The Bertz CT molecular complexity index is 197. The molecular weight excluding hydrogens is 202 g/mol. The van der Waals surface area contributed by atoms with E-state index in [1.807, 2.05) is 27.7 Å². The summed E-state index contributed by atoms with van der Waals surface area (Å²) in [5.74, 6) is 0.257. The molecular formula is C13H27NO2. The first-order valence-electron chi connectivity index (χ1n) is 6.28. The highest BCUT2D eigenvalue weighted by atomic mass is 16.5. The number of ether oxygens (including phenoxy) is 1. The molecule has 0 spiro atoms. The minimum absolute atomic E-state index is 0.0757. The van der Waals surface area contributed by atoms with E-state index in [-0.39, 0.29) is 17.4 Å². The lowest BCUT2D eigenvalue weighted by atomic mass is 10.1. The number of hydrogen-bond donors (Lipinski definition) is 1. The Balaban J connectivity index is 3.57. The molecule has 3 nitrogen and oxygen atoms in total. The van der Waals surface area contributed by atoms with Gasteiger partial charge in [0.15, 0.2) is 0 Å². The molecule has 0 aromatic heterocycles. The SMILES string of the molecule is CCCNC(=O)C(C)CCCOC(C)(C)C. The van der Waals surface area contributed by atoms with E-state index in [4.69, 9.17) is 4.74 Å². The van der Waals surface area contributed by atoms with E-state index in [9.17, 15) is 4.79 Å². The molecule has 1 atom stereocenters. The molecule has 0 aliphatic heterocycles. The van der Waals surface area contributed by atoms with Gasteiger partial charge in [-0.2, -0.15) is 0 Å². The van der Waals surface area contributed by atoms with Crippen LogP contribution >= 0.6 is 0 Å². The number of rotatable bonds is 7. The smallest absolute Gasteiger partial charge is 0.222 e. The molecule has 0 fully saturated rings. The number of amides is 1. The Hall–Kier alpha value is -0.570. The van der Waals surface area contributed by atoms with Crippen LogP contribution in [-0.2, 0) is 9.53 Å². The fourth-order valence-electron chi connectivity index (χ4n) is 1.32. The third-order valence-corrected chi connectivity index (χ3v) is 2.31.